The number of hydrogen-bond donors (Lipinski definition) is 2. The van der Waals surface area contributed by atoms with Crippen molar-refractivity contribution in [2.75, 3.05) is 18.5 Å². The van der Waals surface area contributed by atoms with Gasteiger partial charge in [0, 0.05) is 18.8 Å². The lowest BCUT2D eigenvalue weighted by Crippen LogP contribution is -1.93. The predicted molar refractivity (Wildman–Crippen MR) is 49.4 cm³/mol. The smallest absolute Gasteiger partial charge is 0.0471 e. The highest BCUT2D eigenvalue weighted by atomic mass is 16.2. The molecule has 1 heterocycles. The lowest BCUT2D eigenvalue weighted by molar-refractivity contribution is 0.299. The van der Waals surface area contributed by atoms with Gasteiger partial charge < -0.3 is 10.4 Å². The van der Waals surface area contributed by atoms with Gasteiger partial charge in [0.2, 0.25) is 0 Å². The van der Waals surface area contributed by atoms with Gasteiger partial charge in [-0.15, -0.1) is 0 Å². The Morgan fingerprint density at radius 3 is 3.17 bits per heavy atom. The van der Waals surface area contributed by atoms with Crippen molar-refractivity contribution in [2.45, 2.75) is 12.8 Å². The van der Waals surface area contributed by atoms with Crippen LogP contribution in [-0.4, -0.2) is 18.3 Å². The first kappa shape index (κ1) is 7.62. The maximum Gasteiger partial charge on any atom is 0.0471 e. The Morgan fingerprint density at radius 1 is 1.42 bits per heavy atom. The molecule has 0 aromatic heterocycles. The molecular formula is C10H13NO. The Labute approximate surface area is 72.2 Å². The van der Waals surface area contributed by atoms with Crippen molar-refractivity contribution in [3.05, 3.63) is 29.3 Å². The van der Waals surface area contributed by atoms with E-state index < -0.39 is 0 Å². The Morgan fingerprint density at radius 2 is 2.33 bits per heavy atom. The number of aliphatic hydroxyl groups is 1. The number of aliphatic hydroxyl groups excluding tert-OH is 1. The number of hydrogen-bond acceptors (Lipinski definition) is 2. The SMILES string of the molecule is OCCc1ccc2c(c1)NCC2. The third-order valence-electron chi connectivity index (χ3n) is 2.28. The van der Waals surface area contributed by atoms with Crippen LogP contribution in [0.5, 0.6) is 0 Å². The zero-order valence-electron chi connectivity index (χ0n) is 7.01. The summed E-state index contributed by atoms with van der Waals surface area (Å²) in [5, 5.41) is 12.1. The van der Waals surface area contributed by atoms with Gasteiger partial charge in [0.1, 0.15) is 0 Å². The van der Waals surface area contributed by atoms with Crippen LogP contribution < -0.4 is 5.32 Å². The van der Waals surface area contributed by atoms with Crippen LogP contribution in [0.2, 0.25) is 0 Å². The van der Waals surface area contributed by atoms with E-state index in [1.165, 1.54) is 16.8 Å². The van der Waals surface area contributed by atoms with Crippen LogP contribution in [-0.2, 0) is 12.8 Å². The van der Waals surface area contributed by atoms with Crippen molar-refractivity contribution in [3.8, 4) is 0 Å². The number of nitrogens with one attached hydrogen (secondary N) is 1. The van der Waals surface area contributed by atoms with Crippen molar-refractivity contribution in [3.63, 3.8) is 0 Å². The zero-order chi connectivity index (χ0) is 8.39. The molecule has 0 unspecified atom stereocenters. The van der Waals surface area contributed by atoms with Gasteiger partial charge in [-0.3, -0.25) is 0 Å². The summed E-state index contributed by atoms with van der Waals surface area (Å²) >= 11 is 0. The Hall–Kier alpha value is -1.02. The van der Waals surface area contributed by atoms with E-state index >= 15 is 0 Å². The summed E-state index contributed by atoms with van der Waals surface area (Å²) in [7, 11) is 0. The molecule has 0 amide bonds. The third kappa shape index (κ3) is 1.30. The number of anilines is 1. The van der Waals surface area contributed by atoms with Gasteiger partial charge in [-0.05, 0) is 30.0 Å². The molecule has 12 heavy (non-hydrogen) atoms. The molecule has 2 nitrogen and oxygen atoms in total. The largest absolute Gasteiger partial charge is 0.396 e. The number of rotatable bonds is 2. The quantitative estimate of drug-likeness (QED) is 0.686. The summed E-state index contributed by atoms with van der Waals surface area (Å²) in [6.45, 7) is 1.29. The fraction of sp³-hybridized carbons (Fsp3) is 0.400. The van der Waals surface area contributed by atoms with Crippen LogP contribution in [0.4, 0.5) is 5.69 Å². The van der Waals surface area contributed by atoms with E-state index in [1.807, 2.05) is 0 Å². The normalized spacial score (nSPS) is 14.1. The van der Waals surface area contributed by atoms with Crippen LogP contribution in [0.1, 0.15) is 11.1 Å². The van der Waals surface area contributed by atoms with Crippen molar-refractivity contribution in [1.29, 1.82) is 0 Å². The highest BCUT2D eigenvalue weighted by Crippen LogP contribution is 2.23. The second kappa shape index (κ2) is 3.15. The molecule has 1 aromatic carbocycles. The summed E-state index contributed by atoms with van der Waals surface area (Å²) in [4.78, 5) is 0. The van der Waals surface area contributed by atoms with E-state index in [0.717, 1.165) is 19.4 Å². The molecule has 0 saturated carbocycles. The molecule has 2 N–H and O–H groups in total. The van der Waals surface area contributed by atoms with Gasteiger partial charge in [0.15, 0.2) is 0 Å². The summed E-state index contributed by atoms with van der Waals surface area (Å²) in [6.07, 6.45) is 1.89. The summed E-state index contributed by atoms with van der Waals surface area (Å²) < 4.78 is 0. The minimum Gasteiger partial charge on any atom is -0.396 e. The molecule has 1 aromatic rings. The molecule has 0 aliphatic carbocycles. The van der Waals surface area contributed by atoms with Gasteiger partial charge in [0.05, 0.1) is 0 Å². The summed E-state index contributed by atoms with van der Waals surface area (Å²) in [5.74, 6) is 0. The highest BCUT2D eigenvalue weighted by Gasteiger charge is 2.08. The summed E-state index contributed by atoms with van der Waals surface area (Å²) in [5.41, 5.74) is 3.86. The van der Waals surface area contributed by atoms with Gasteiger partial charge in [0.25, 0.3) is 0 Å². The number of benzene rings is 1. The van der Waals surface area contributed by atoms with Crippen molar-refractivity contribution in [2.24, 2.45) is 0 Å². The lowest BCUT2D eigenvalue weighted by atomic mass is 10.1. The van der Waals surface area contributed by atoms with Gasteiger partial charge in [-0.2, -0.15) is 0 Å². The molecule has 1 aliphatic heterocycles. The molecule has 1 aliphatic rings. The average molecular weight is 163 g/mol. The Balaban J connectivity index is 2.26. The number of fused-ring (bicyclic) bond motifs is 1. The third-order valence-corrected chi connectivity index (χ3v) is 2.28. The molecule has 0 spiro atoms. The second-order valence-corrected chi connectivity index (χ2v) is 3.14. The van der Waals surface area contributed by atoms with Gasteiger partial charge in [-0.1, -0.05) is 12.1 Å². The van der Waals surface area contributed by atoms with Gasteiger partial charge >= 0.3 is 0 Å². The maximum atomic E-state index is 8.75. The maximum absolute atomic E-state index is 8.75. The van der Waals surface area contributed by atoms with E-state index in [2.05, 4.69) is 23.5 Å². The Kier molecular flexibility index (Phi) is 2.00. The first-order chi connectivity index (χ1) is 5.90. The monoisotopic (exact) mass is 163 g/mol. The van der Waals surface area contributed by atoms with E-state index in [9.17, 15) is 0 Å². The van der Waals surface area contributed by atoms with Crippen LogP contribution >= 0.6 is 0 Å². The molecule has 0 saturated heterocycles. The van der Waals surface area contributed by atoms with E-state index in [0.29, 0.717) is 0 Å². The molecule has 0 fully saturated rings. The molecule has 0 atom stereocenters. The minimum atomic E-state index is 0.235. The molecule has 0 radical (unpaired) electrons. The van der Waals surface area contributed by atoms with Gasteiger partial charge in [-0.25, -0.2) is 0 Å². The van der Waals surface area contributed by atoms with E-state index in [1.54, 1.807) is 0 Å². The van der Waals surface area contributed by atoms with E-state index in [-0.39, 0.29) is 6.61 Å². The first-order valence-corrected chi connectivity index (χ1v) is 4.36. The molecular weight excluding hydrogens is 150 g/mol. The topological polar surface area (TPSA) is 32.3 Å². The van der Waals surface area contributed by atoms with Crippen molar-refractivity contribution in [1.82, 2.24) is 0 Å². The zero-order valence-corrected chi connectivity index (χ0v) is 7.01. The van der Waals surface area contributed by atoms with Crippen molar-refractivity contribution >= 4 is 5.69 Å². The second-order valence-electron chi connectivity index (χ2n) is 3.14. The minimum absolute atomic E-state index is 0.235. The van der Waals surface area contributed by atoms with Crippen LogP contribution in [0.25, 0.3) is 0 Å². The fourth-order valence-electron chi connectivity index (χ4n) is 1.62. The molecule has 0 bridgehead atoms. The summed E-state index contributed by atoms with van der Waals surface area (Å²) in [6, 6.07) is 6.39. The lowest BCUT2D eigenvalue weighted by Gasteiger charge is -2.02. The van der Waals surface area contributed by atoms with Crippen molar-refractivity contribution < 1.29 is 5.11 Å². The van der Waals surface area contributed by atoms with Crippen LogP contribution in [0, 0.1) is 0 Å². The molecule has 2 heteroatoms. The molecule has 2 rings (SSSR count). The predicted octanol–water partition coefficient (Wildman–Crippen LogP) is 1.19. The van der Waals surface area contributed by atoms with E-state index in [4.69, 9.17) is 5.11 Å². The fourth-order valence-corrected chi connectivity index (χ4v) is 1.62. The van der Waals surface area contributed by atoms with Crippen LogP contribution in [0.3, 0.4) is 0 Å². The standard InChI is InChI=1S/C10H13NO/c12-6-4-8-1-2-9-3-5-11-10(9)7-8/h1-2,7,11-12H,3-6H2. The highest BCUT2D eigenvalue weighted by molar-refractivity contribution is 5.57. The first-order valence-electron chi connectivity index (χ1n) is 4.36. The van der Waals surface area contributed by atoms with Crippen LogP contribution in [0.15, 0.2) is 18.2 Å². The molecule has 64 valence electrons. The average Bonchev–Trinajstić information content (AvgIpc) is 2.51. The Bertz CT molecular complexity index is 283.